The molecule has 0 aliphatic carbocycles. The standard InChI is InChI=1S/C22H28O3/c1-14(2)7-6-8-16(5)20-13-18-12-19(22(23)24)11-17(21(18)25-20)10-9-15(3)4/h7-9,11-12,20H,6,10,13H2,1-5H3,(H,23,24)/b16-8+. The van der Waals surface area contributed by atoms with E-state index in [1.54, 1.807) is 12.1 Å². The normalized spacial score (nSPS) is 16.0. The van der Waals surface area contributed by atoms with E-state index in [2.05, 4.69) is 39.0 Å². The summed E-state index contributed by atoms with van der Waals surface area (Å²) in [5.41, 5.74) is 5.99. The zero-order valence-electron chi connectivity index (χ0n) is 15.8. The minimum atomic E-state index is -0.888. The highest BCUT2D eigenvalue weighted by Crippen LogP contribution is 2.36. The van der Waals surface area contributed by atoms with Crippen molar-refractivity contribution in [1.29, 1.82) is 0 Å². The highest BCUT2D eigenvalue weighted by molar-refractivity contribution is 5.88. The van der Waals surface area contributed by atoms with Gasteiger partial charge in [0.2, 0.25) is 0 Å². The molecule has 25 heavy (non-hydrogen) atoms. The number of benzene rings is 1. The second-order valence-electron chi connectivity index (χ2n) is 7.19. The van der Waals surface area contributed by atoms with Crippen molar-refractivity contribution in [2.24, 2.45) is 0 Å². The molecule has 1 N–H and O–H groups in total. The number of carboxylic acids is 1. The molecule has 1 aliphatic heterocycles. The Labute approximate surface area is 150 Å². The van der Waals surface area contributed by atoms with Crippen LogP contribution in [-0.4, -0.2) is 17.2 Å². The molecule has 3 nitrogen and oxygen atoms in total. The average molecular weight is 340 g/mol. The summed E-state index contributed by atoms with van der Waals surface area (Å²) in [7, 11) is 0. The Morgan fingerprint density at radius 3 is 2.40 bits per heavy atom. The summed E-state index contributed by atoms with van der Waals surface area (Å²) in [5, 5.41) is 9.39. The summed E-state index contributed by atoms with van der Waals surface area (Å²) in [4.78, 5) is 11.4. The van der Waals surface area contributed by atoms with Crippen molar-refractivity contribution in [3.63, 3.8) is 0 Å². The molecule has 1 aromatic carbocycles. The Balaban J connectivity index is 2.28. The first-order chi connectivity index (χ1) is 11.8. The van der Waals surface area contributed by atoms with Crippen LogP contribution in [0.5, 0.6) is 5.75 Å². The molecule has 0 spiro atoms. The Morgan fingerprint density at radius 1 is 1.12 bits per heavy atom. The lowest BCUT2D eigenvalue weighted by Gasteiger charge is -2.13. The molecule has 0 radical (unpaired) electrons. The first-order valence-electron chi connectivity index (χ1n) is 8.77. The predicted octanol–water partition coefficient (Wildman–Crippen LogP) is 5.50. The van der Waals surface area contributed by atoms with Crippen molar-refractivity contribution in [3.05, 3.63) is 63.8 Å². The molecule has 0 aromatic heterocycles. The molecular formula is C22H28O3. The van der Waals surface area contributed by atoms with Crippen molar-refractivity contribution in [2.45, 2.75) is 60.0 Å². The van der Waals surface area contributed by atoms with Crippen molar-refractivity contribution >= 4 is 5.97 Å². The predicted molar refractivity (Wildman–Crippen MR) is 102 cm³/mol. The second-order valence-corrected chi connectivity index (χ2v) is 7.19. The Kier molecular flexibility index (Phi) is 6.24. The van der Waals surface area contributed by atoms with Crippen LogP contribution in [0.4, 0.5) is 0 Å². The lowest BCUT2D eigenvalue weighted by atomic mass is 9.98. The van der Waals surface area contributed by atoms with E-state index in [4.69, 9.17) is 4.74 Å². The summed E-state index contributed by atoms with van der Waals surface area (Å²) in [5.74, 6) is -0.0250. The molecule has 1 aliphatic rings. The van der Waals surface area contributed by atoms with Crippen LogP contribution < -0.4 is 4.74 Å². The Hall–Kier alpha value is -2.29. The number of carbonyl (C=O) groups is 1. The molecular weight excluding hydrogens is 312 g/mol. The van der Waals surface area contributed by atoms with Crippen LogP contribution in [0.3, 0.4) is 0 Å². The van der Waals surface area contributed by atoms with E-state index in [0.29, 0.717) is 12.0 Å². The maximum atomic E-state index is 11.4. The van der Waals surface area contributed by atoms with Gasteiger partial charge in [-0.2, -0.15) is 0 Å². The Morgan fingerprint density at radius 2 is 1.80 bits per heavy atom. The quantitative estimate of drug-likeness (QED) is 0.696. The third kappa shape index (κ3) is 5.09. The average Bonchev–Trinajstić information content (AvgIpc) is 2.96. The summed E-state index contributed by atoms with van der Waals surface area (Å²) in [6.45, 7) is 10.4. The molecule has 2 rings (SSSR count). The third-order valence-corrected chi connectivity index (χ3v) is 4.36. The summed E-state index contributed by atoms with van der Waals surface area (Å²) < 4.78 is 6.21. The number of fused-ring (bicyclic) bond motifs is 1. The van der Waals surface area contributed by atoms with Crippen LogP contribution in [0, 0.1) is 0 Å². The largest absolute Gasteiger partial charge is 0.485 e. The molecule has 3 heteroatoms. The molecule has 134 valence electrons. The number of ether oxygens (including phenoxy) is 1. The van der Waals surface area contributed by atoms with Gasteiger partial charge in [0, 0.05) is 6.42 Å². The van der Waals surface area contributed by atoms with Crippen molar-refractivity contribution in [3.8, 4) is 5.75 Å². The molecule has 0 saturated carbocycles. The van der Waals surface area contributed by atoms with E-state index in [-0.39, 0.29) is 6.10 Å². The van der Waals surface area contributed by atoms with Gasteiger partial charge in [0.25, 0.3) is 0 Å². The van der Waals surface area contributed by atoms with E-state index in [9.17, 15) is 9.90 Å². The van der Waals surface area contributed by atoms with Gasteiger partial charge in [-0.3, -0.25) is 0 Å². The Bertz CT molecular complexity index is 743. The number of allylic oxidation sites excluding steroid dienone is 5. The lowest BCUT2D eigenvalue weighted by molar-refractivity contribution is 0.0696. The highest BCUT2D eigenvalue weighted by atomic mass is 16.5. The molecule has 0 fully saturated rings. The van der Waals surface area contributed by atoms with Crippen molar-refractivity contribution < 1.29 is 14.6 Å². The maximum absolute atomic E-state index is 11.4. The van der Waals surface area contributed by atoms with Crippen LogP contribution in [0.2, 0.25) is 0 Å². The summed E-state index contributed by atoms with van der Waals surface area (Å²) >= 11 is 0. The fraction of sp³-hybridized carbons (Fsp3) is 0.409. The van der Waals surface area contributed by atoms with E-state index in [1.807, 2.05) is 13.8 Å². The molecule has 1 unspecified atom stereocenters. The summed E-state index contributed by atoms with van der Waals surface area (Å²) in [6, 6.07) is 3.50. The number of carboxylic acid groups (broad SMARTS) is 1. The van der Waals surface area contributed by atoms with Gasteiger partial charge in [0.1, 0.15) is 11.9 Å². The first kappa shape index (κ1) is 19.0. The minimum absolute atomic E-state index is 0.00457. The van der Waals surface area contributed by atoms with Crippen LogP contribution in [0.15, 0.2) is 47.1 Å². The zero-order valence-corrected chi connectivity index (χ0v) is 15.8. The van der Waals surface area contributed by atoms with Gasteiger partial charge in [-0.1, -0.05) is 29.4 Å². The third-order valence-electron chi connectivity index (χ3n) is 4.36. The van der Waals surface area contributed by atoms with Gasteiger partial charge in [0.15, 0.2) is 0 Å². The number of aromatic carboxylic acids is 1. The molecule has 1 heterocycles. The molecule has 0 amide bonds. The SMILES string of the molecule is CC(C)=CC/C=C(\C)C1Cc2cc(C(=O)O)cc(CC=C(C)C)c2O1. The maximum Gasteiger partial charge on any atom is 0.335 e. The number of rotatable bonds is 6. The first-order valence-corrected chi connectivity index (χ1v) is 8.77. The van der Waals surface area contributed by atoms with Crippen LogP contribution in [0.25, 0.3) is 0 Å². The van der Waals surface area contributed by atoms with E-state index >= 15 is 0 Å². The smallest absolute Gasteiger partial charge is 0.335 e. The van der Waals surface area contributed by atoms with Gasteiger partial charge in [0.05, 0.1) is 5.56 Å². The van der Waals surface area contributed by atoms with Crippen LogP contribution >= 0.6 is 0 Å². The fourth-order valence-corrected chi connectivity index (χ4v) is 2.90. The topological polar surface area (TPSA) is 46.5 Å². The highest BCUT2D eigenvalue weighted by Gasteiger charge is 2.27. The second kappa shape index (κ2) is 8.19. The van der Waals surface area contributed by atoms with Gasteiger partial charge >= 0.3 is 5.97 Å². The van der Waals surface area contributed by atoms with Crippen molar-refractivity contribution in [1.82, 2.24) is 0 Å². The van der Waals surface area contributed by atoms with Crippen LogP contribution in [0.1, 0.15) is 62.5 Å². The molecule has 1 aromatic rings. The summed E-state index contributed by atoms with van der Waals surface area (Å²) in [6.07, 6.45) is 8.81. The van der Waals surface area contributed by atoms with Crippen LogP contribution in [-0.2, 0) is 12.8 Å². The lowest BCUT2D eigenvalue weighted by Crippen LogP contribution is -2.14. The fourth-order valence-electron chi connectivity index (χ4n) is 2.90. The number of hydrogen-bond acceptors (Lipinski definition) is 2. The molecule has 0 saturated heterocycles. The van der Waals surface area contributed by atoms with Gasteiger partial charge in [-0.15, -0.1) is 0 Å². The molecule has 0 bridgehead atoms. The van der Waals surface area contributed by atoms with E-state index in [0.717, 1.165) is 29.7 Å². The van der Waals surface area contributed by atoms with Gasteiger partial charge < -0.3 is 9.84 Å². The van der Waals surface area contributed by atoms with Crippen molar-refractivity contribution in [2.75, 3.05) is 0 Å². The minimum Gasteiger partial charge on any atom is -0.485 e. The molecule has 1 atom stereocenters. The van der Waals surface area contributed by atoms with E-state index in [1.165, 1.54) is 16.7 Å². The van der Waals surface area contributed by atoms with Gasteiger partial charge in [-0.25, -0.2) is 4.79 Å². The monoisotopic (exact) mass is 340 g/mol. The van der Waals surface area contributed by atoms with Gasteiger partial charge in [-0.05, 0) is 76.3 Å². The zero-order chi connectivity index (χ0) is 18.6. The van der Waals surface area contributed by atoms with E-state index < -0.39 is 5.97 Å². The number of hydrogen-bond donors (Lipinski definition) is 1.